The second kappa shape index (κ2) is 85.1. The number of nitrogens with zero attached hydrogens (tertiary/aromatic N) is 6. The molecule has 0 aromatic carbocycles. The van der Waals surface area contributed by atoms with Crippen molar-refractivity contribution in [2.24, 2.45) is 49.4 Å². The lowest BCUT2D eigenvalue weighted by molar-refractivity contribution is -0.133. The summed E-state index contributed by atoms with van der Waals surface area (Å²) in [6.07, 6.45) is 66.9. The third kappa shape index (κ3) is 83.4. The van der Waals surface area contributed by atoms with Crippen molar-refractivity contribution in [3.05, 3.63) is 0 Å². The van der Waals surface area contributed by atoms with Crippen LogP contribution in [0.2, 0.25) is 0 Å². The van der Waals surface area contributed by atoms with E-state index in [1.807, 2.05) is 9.80 Å². The molecule has 0 bridgehead atoms. The van der Waals surface area contributed by atoms with Gasteiger partial charge in [-0.15, -0.1) is 0 Å². The maximum atomic E-state index is 13.3. The first-order valence-electron chi connectivity index (χ1n) is 44.1. The van der Waals surface area contributed by atoms with Crippen molar-refractivity contribution in [3.8, 4) is 0 Å². The lowest BCUT2D eigenvalue weighted by Crippen LogP contribution is -2.44. The van der Waals surface area contributed by atoms with Gasteiger partial charge in [-0.2, -0.15) is 0 Å². The molecule has 0 heterocycles. The molecule has 0 saturated heterocycles. The summed E-state index contributed by atoms with van der Waals surface area (Å²) < 4.78 is 0. The summed E-state index contributed by atoms with van der Waals surface area (Å²) in [7, 11) is 0. The van der Waals surface area contributed by atoms with E-state index in [0.717, 1.165) is 123 Å². The molecule has 0 unspecified atom stereocenters. The van der Waals surface area contributed by atoms with Gasteiger partial charge in [-0.05, 0) is 84.1 Å². The number of amides is 4. The van der Waals surface area contributed by atoms with Crippen LogP contribution < -0.4 is 66.3 Å². The van der Waals surface area contributed by atoms with Gasteiger partial charge in [-0.3, -0.25) is 39.1 Å². The van der Waals surface area contributed by atoms with Gasteiger partial charge in [0, 0.05) is 58.9 Å². The Morgan fingerprint density at radius 2 is 0.476 bits per heavy atom. The van der Waals surface area contributed by atoms with E-state index in [1.54, 1.807) is 0 Å². The van der Waals surface area contributed by atoms with Gasteiger partial charge >= 0.3 is 0 Å². The van der Waals surface area contributed by atoms with Gasteiger partial charge in [0.05, 0.1) is 39.3 Å². The van der Waals surface area contributed by atoms with E-state index in [4.69, 9.17) is 34.4 Å². The quantitative estimate of drug-likeness (QED) is 0.0153. The molecular formula is C83H174N18O4. The molecule has 0 aromatic rings. The average molecular weight is 1490 g/mol. The molecule has 0 spiro atoms. The molecule has 620 valence electrons. The second-order valence-corrected chi connectivity index (χ2v) is 29.9. The van der Waals surface area contributed by atoms with Crippen LogP contribution in [0.4, 0.5) is 0 Å². The van der Waals surface area contributed by atoms with Crippen molar-refractivity contribution in [2.45, 2.75) is 362 Å². The van der Waals surface area contributed by atoms with Crippen LogP contribution in [0.3, 0.4) is 0 Å². The molecule has 0 saturated carbocycles. The van der Waals surface area contributed by atoms with Crippen LogP contribution in [0.5, 0.6) is 0 Å². The molecule has 0 aliphatic heterocycles. The summed E-state index contributed by atoms with van der Waals surface area (Å²) in [4.78, 5) is 69.8. The largest absolute Gasteiger partial charge is 0.370 e. The van der Waals surface area contributed by atoms with Crippen LogP contribution in [-0.2, 0) is 19.2 Å². The molecule has 0 fully saturated rings. The third-order valence-electron chi connectivity index (χ3n) is 19.8. The Kier molecular flexibility index (Phi) is 83.1. The number of hydrogen-bond acceptors (Lipinski definition) is 12. The molecule has 0 radical (unpaired) electrons. The Balaban J connectivity index is 0. The van der Waals surface area contributed by atoms with Crippen LogP contribution in [0, 0.1) is 0 Å². The predicted octanol–water partition coefficient (Wildman–Crippen LogP) is 13.7. The molecule has 0 atom stereocenters. The molecule has 0 aliphatic rings. The normalized spacial score (nSPS) is 11.2. The van der Waals surface area contributed by atoms with Gasteiger partial charge in [0.1, 0.15) is 0 Å². The summed E-state index contributed by atoms with van der Waals surface area (Å²) >= 11 is 0. The molecule has 22 heteroatoms. The minimum atomic E-state index is -0.184. The predicted molar refractivity (Wildman–Crippen MR) is 452 cm³/mol. The summed E-state index contributed by atoms with van der Waals surface area (Å²) in [6.45, 7) is 21.5. The van der Waals surface area contributed by atoms with Crippen LogP contribution in [-0.4, -0.2) is 187 Å². The van der Waals surface area contributed by atoms with E-state index in [2.05, 4.69) is 79.5 Å². The van der Waals surface area contributed by atoms with E-state index in [9.17, 15) is 19.2 Å². The fraction of sp³-hybridized carbons (Fsp3) is 0.916. The molecule has 0 rings (SSSR count). The maximum Gasteiger partial charge on any atom is 0.241 e. The zero-order chi connectivity index (χ0) is 77.0. The highest BCUT2D eigenvalue weighted by Crippen LogP contribution is 2.17. The Morgan fingerprint density at radius 3 is 0.762 bits per heavy atom. The van der Waals surface area contributed by atoms with Crippen molar-refractivity contribution in [3.63, 3.8) is 0 Å². The minimum absolute atomic E-state index is 0.0186. The maximum absolute atomic E-state index is 13.3. The first-order chi connectivity index (χ1) is 51.3. The Bertz CT molecular complexity index is 1880. The number of nitrogens with one attached hydrogen (secondary N) is 6. The van der Waals surface area contributed by atoms with Gasteiger partial charge < -0.3 is 76.1 Å². The van der Waals surface area contributed by atoms with E-state index in [1.165, 1.54) is 270 Å². The summed E-state index contributed by atoms with van der Waals surface area (Å²) in [5.41, 5.74) is 32.4. The first-order valence-corrected chi connectivity index (χ1v) is 44.1. The van der Waals surface area contributed by atoms with Gasteiger partial charge in [0.2, 0.25) is 23.6 Å². The molecule has 4 amide bonds. The SMILES string of the molecule is CCCCCCCCCCCCCCN(CCCCCCCCCCCCCC)C(=O)CNC(=O)CNCCCNCCCCNCCCN=C(N)N.CCCCCCCCCCCCCCN(CCCCCCCCCCCCCC)C(=O)CNC(=O)CNCCN(CCN=C(N)N)CCN=C(N)N. The molecule has 18 N–H and O–H groups in total. The topological polar surface area (TPSA) is 343 Å². The highest BCUT2D eigenvalue weighted by Gasteiger charge is 2.17. The lowest BCUT2D eigenvalue weighted by atomic mass is 10.0. The van der Waals surface area contributed by atoms with Crippen molar-refractivity contribution >= 4 is 41.5 Å². The number of rotatable bonds is 82. The van der Waals surface area contributed by atoms with E-state index >= 15 is 0 Å². The lowest BCUT2D eigenvalue weighted by Gasteiger charge is -2.23. The average Bonchev–Trinajstić information content (AvgIpc) is 0.985. The van der Waals surface area contributed by atoms with Gasteiger partial charge in [-0.25, -0.2) is 0 Å². The zero-order valence-electron chi connectivity index (χ0n) is 69.2. The highest BCUT2D eigenvalue weighted by atomic mass is 16.2. The molecular weight excluding hydrogens is 1310 g/mol. The molecule has 105 heavy (non-hydrogen) atoms. The summed E-state index contributed by atoms with van der Waals surface area (Å²) in [6, 6.07) is 0. The van der Waals surface area contributed by atoms with Crippen LogP contribution in [0.25, 0.3) is 0 Å². The zero-order valence-corrected chi connectivity index (χ0v) is 69.2. The minimum Gasteiger partial charge on any atom is -0.370 e. The number of guanidine groups is 3. The standard InChI is InChI=1S/C43H90N8O2.C40H84N10O2/c1-3-5-7-9-11-13-15-17-19-21-23-27-37-51(38-28-24-22-20-18-16-14-12-10-8-6-4-2)42(53)40-50-41(52)39-48-35-29-33-46-31-25-26-32-47-34-30-36-49-43(44)45;1-3-5-7-9-11-13-15-17-19-21-23-25-30-50(31-26-24-22-20-18-16-14-12-10-8-6-4-2)38(52)36-48-37(51)35-45-27-32-49(33-28-46-39(41)42)34-29-47-40(43)44/h46-48H,3-40H2,1-2H3,(H,50,52)(H4,44,45,49);45H,3-36H2,1-2H3,(H,48,51)(H4,41,42,46)(H4,43,44,47). The Morgan fingerprint density at radius 1 is 0.238 bits per heavy atom. The van der Waals surface area contributed by atoms with Gasteiger partial charge in [0.25, 0.3) is 0 Å². The fourth-order valence-corrected chi connectivity index (χ4v) is 13.1. The monoisotopic (exact) mass is 1490 g/mol. The number of unbranched alkanes of at least 4 members (excludes halogenated alkanes) is 45. The van der Waals surface area contributed by atoms with E-state index in [-0.39, 0.29) is 67.7 Å². The Labute approximate surface area is 646 Å². The van der Waals surface area contributed by atoms with E-state index in [0.29, 0.717) is 45.8 Å². The van der Waals surface area contributed by atoms with Crippen molar-refractivity contribution < 1.29 is 19.2 Å². The van der Waals surface area contributed by atoms with Crippen molar-refractivity contribution in [1.82, 2.24) is 46.6 Å². The Hall–Kier alpha value is -4.51. The van der Waals surface area contributed by atoms with Gasteiger partial charge in [0.15, 0.2) is 17.9 Å². The number of nitrogens with two attached hydrogens (primary N) is 6. The number of aliphatic imine (C=N–C) groups is 3. The second-order valence-electron chi connectivity index (χ2n) is 29.9. The van der Waals surface area contributed by atoms with Crippen molar-refractivity contribution in [1.29, 1.82) is 0 Å². The van der Waals surface area contributed by atoms with Crippen LogP contribution >= 0.6 is 0 Å². The van der Waals surface area contributed by atoms with Crippen LogP contribution in [0.1, 0.15) is 362 Å². The summed E-state index contributed by atoms with van der Waals surface area (Å²) in [5, 5.41) is 19.0. The molecule has 0 aliphatic carbocycles. The smallest absolute Gasteiger partial charge is 0.241 e. The van der Waals surface area contributed by atoms with Gasteiger partial charge in [-0.1, -0.05) is 310 Å². The number of carbonyl (C=O) groups is 4. The van der Waals surface area contributed by atoms with Crippen LogP contribution in [0.15, 0.2) is 15.0 Å². The molecule has 0 aromatic heterocycles. The third-order valence-corrected chi connectivity index (χ3v) is 19.8. The fourth-order valence-electron chi connectivity index (χ4n) is 13.1. The number of carbonyl (C=O) groups excluding carboxylic acids is 4. The molecule has 22 nitrogen and oxygen atoms in total. The van der Waals surface area contributed by atoms with E-state index < -0.39 is 0 Å². The van der Waals surface area contributed by atoms with Crippen molar-refractivity contribution in [2.75, 3.05) is 131 Å². The summed E-state index contributed by atoms with van der Waals surface area (Å²) in [5.74, 6) is 0.0538. The highest BCUT2D eigenvalue weighted by molar-refractivity contribution is 5.86. The first kappa shape index (κ1) is 103. The number of hydrogen-bond donors (Lipinski definition) is 12.